The van der Waals surface area contributed by atoms with Gasteiger partial charge in [0.05, 0.1) is 40.7 Å². The van der Waals surface area contributed by atoms with Gasteiger partial charge in [-0.25, -0.2) is 4.79 Å². The van der Waals surface area contributed by atoms with Gasteiger partial charge in [-0.15, -0.1) is 5.11 Å². The molecule has 5 rings (SSSR count). The lowest BCUT2D eigenvalue weighted by molar-refractivity contribution is -0.137. The fraction of sp³-hybridized carbons (Fsp3) is 0.200. The standard InChI is InChI=1S/C40H41N7O4/c1-4-39(48)50-28-10-9-13-40(49)51-34-24-20-32(21-25-34)42-41-29-14-16-30(17-15-29)43-45-37-26-27-38(36-12-8-7-11-35(36)37)46-44-31-18-22-33(23-19-31)47(5-2)6-3/h4,7-8,11-12,14-27,43,45H,1,5-6,9-10,13,28H2,2-3H3. The monoisotopic (exact) mass is 683 g/mol. The summed E-state index contributed by atoms with van der Waals surface area (Å²) in [4.78, 5) is 25.4. The number of carbonyl (C=O) groups is 2. The highest BCUT2D eigenvalue weighted by atomic mass is 16.5. The average Bonchev–Trinajstić information content (AvgIpc) is 3.17. The van der Waals surface area contributed by atoms with E-state index in [0.717, 1.165) is 52.7 Å². The molecule has 0 atom stereocenters. The molecule has 11 nitrogen and oxygen atoms in total. The van der Waals surface area contributed by atoms with Crippen LogP contribution in [0.25, 0.3) is 10.8 Å². The predicted octanol–water partition coefficient (Wildman–Crippen LogP) is 10.8. The third kappa shape index (κ3) is 10.6. The summed E-state index contributed by atoms with van der Waals surface area (Å²) in [5.41, 5.74) is 12.4. The summed E-state index contributed by atoms with van der Waals surface area (Å²) >= 11 is 0. The van der Waals surface area contributed by atoms with Crippen molar-refractivity contribution in [2.45, 2.75) is 33.1 Å². The van der Waals surface area contributed by atoms with Gasteiger partial charge in [0.2, 0.25) is 0 Å². The molecular formula is C40H41N7O4. The normalized spacial score (nSPS) is 11.1. The Bertz CT molecular complexity index is 1970. The van der Waals surface area contributed by atoms with E-state index in [0.29, 0.717) is 30.0 Å². The van der Waals surface area contributed by atoms with E-state index in [9.17, 15) is 9.59 Å². The largest absolute Gasteiger partial charge is 0.463 e. The van der Waals surface area contributed by atoms with Crippen molar-refractivity contribution in [3.8, 4) is 5.75 Å². The number of benzene rings is 5. The van der Waals surface area contributed by atoms with Crippen LogP contribution in [0.4, 0.5) is 39.8 Å². The number of nitrogens with one attached hydrogen (secondary N) is 2. The predicted molar refractivity (Wildman–Crippen MR) is 203 cm³/mol. The molecule has 0 amide bonds. The van der Waals surface area contributed by atoms with Crippen molar-refractivity contribution in [2.24, 2.45) is 20.5 Å². The minimum atomic E-state index is -0.474. The Kier molecular flexibility index (Phi) is 13.0. The quantitative estimate of drug-likeness (QED) is 0.0249. The molecule has 0 saturated heterocycles. The molecule has 0 heterocycles. The van der Waals surface area contributed by atoms with Gasteiger partial charge in [0.15, 0.2) is 0 Å². The molecule has 0 radical (unpaired) electrons. The lowest BCUT2D eigenvalue weighted by Crippen LogP contribution is -2.21. The van der Waals surface area contributed by atoms with Crippen LogP contribution in [0.2, 0.25) is 0 Å². The third-order valence-electron chi connectivity index (χ3n) is 7.90. The number of hydrazine groups is 1. The summed E-state index contributed by atoms with van der Waals surface area (Å²) in [6, 6.07) is 34.5. The van der Waals surface area contributed by atoms with Crippen LogP contribution in [0.3, 0.4) is 0 Å². The molecule has 0 bridgehead atoms. The number of rotatable bonds is 17. The molecule has 260 valence electrons. The van der Waals surface area contributed by atoms with Gasteiger partial charge < -0.3 is 25.2 Å². The lowest BCUT2D eigenvalue weighted by Gasteiger charge is -2.20. The van der Waals surface area contributed by atoms with Crippen LogP contribution in [0.15, 0.2) is 142 Å². The summed E-state index contributed by atoms with van der Waals surface area (Å²) in [6.45, 7) is 9.79. The van der Waals surface area contributed by atoms with Gasteiger partial charge in [-0.2, -0.15) is 15.3 Å². The van der Waals surface area contributed by atoms with E-state index in [1.165, 1.54) is 5.69 Å². The molecule has 0 spiro atoms. The van der Waals surface area contributed by atoms with Crippen LogP contribution in [-0.4, -0.2) is 31.6 Å². The number of anilines is 3. The number of nitrogens with zero attached hydrogens (tertiary/aromatic N) is 5. The Morgan fingerprint density at radius 2 is 1.31 bits per heavy atom. The molecule has 5 aromatic carbocycles. The molecular weight excluding hydrogens is 642 g/mol. The number of azo groups is 2. The van der Waals surface area contributed by atoms with Crippen molar-refractivity contribution in [1.29, 1.82) is 0 Å². The van der Waals surface area contributed by atoms with Crippen LogP contribution in [0, 0.1) is 0 Å². The molecule has 0 aliphatic carbocycles. The number of unbranched alkanes of at least 4 members (excludes halogenated alkanes) is 1. The van der Waals surface area contributed by atoms with Gasteiger partial charge >= 0.3 is 11.9 Å². The molecule has 0 aliphatic rings. The second kappa shape index (κ2) is 18.4. The van der Waals surface area contributed by atoms with Crippen LogP contribution in [0.1, 0.15) is 33.1 Å². The number of carbonyl (C=O) groups excluding carboxylic acids is 2. The summed E-state index contributed by atoms with van der Waals surface area (Å²) < 4.78 is 10.3. The summed E-state index contributed by atoms with van der Waals surface area (Å²) in [5.74, 6) is -0.413. The maximum absolute atomic E-state index is 12.1. The van der Waals surface area contributed by atoms with E-state index in [4.69, 9.17) is 9.47 Å². The van der Waals surface area contributed by atoms with E-state index in [1.54, 1.807) is 24.3 Å². The lowest BCUT2D eigenvalue weighted by atomic mass is 10.1. The summed E-state index contributed by atoms with van der Waals surface area (Å²) in [7, 11) is 0. The number of hydrogen-bond acceptors (Lipinski definition) is 11. The van der Waals surface area contributed by atoms with Crippen molar-refractivity contribution >= 4 is 62.5 Å². The zero-order valence-electron chi connectivity index (χ0n) is 28.8. The zero-order chi connectivity index (χ0) is 35.8. The molecule has 11 heteroatoms. The molecule has 0 aromatic heterocycles. The molecule has 0 fully saturated rings. The molecule has 0 unspecified atom stereocenters. The maximum atomic E-state index is 12.1. The van der Waals surface area contributed by atoms with Gasteiger partial charge in [0.25, 0.3) is 0 Å². The van der Waals surface area contributed by atoms with Crippen LogP contribution < -0.4 is 20.5 Å². The maximum Gasteiger partial charge on any atom is 0.330 e. The molecule has 5 aromatic rings. The zero-order valence-corrected chi connectivity index (χ0v) is 28.8. The Balaban J connectivity index is 1.12. The number of ether oxygens (including phenoxy) is 2. The Labute approximate surface area is 297 Å². The molecule has 2 N–H and O–H groups in total. The highest BCUT2D eigenvalue weighted by molar-refractivity contribution is 6.01. The van der Waals surface area contributed by atoms with Gasteiger partial charge in [-0.05, 0) is 112 Å². The van der Waals surface area contributed by atoms with Crippen LogP contribution in [0.5, 0.6) is 5.75 Å². The first kappa shape index (κ1) is 35.9. The van der Waals surface area contributed by atoms with Crippen molar-refractivity contribution in [1.82, 2.24) is 0 Å². The number of esters is 2. The summed E-state index contributed by atoms with van der Waals surface area (Å²) in [5, 5.41) is 19.7. The highest BCUT2D eigenvalue weighted by Gasteiger charge is 2.08. The Morgan fingerprint density at radius 1 is 0.706 bits per heavy atom. The van der Waals surface area contributed by atoms with Crippen molar-refractivity contribution in [3.05, 3.63) is 122 Å². The van der Waals surface area contributed by atoms with Gasteiger partial charge in [-0.1, -0.05) is 30.8 Å². The second-order valence-corrected chi connectivity index (χ2v) is 11.4. The second-order valence-electron chi connectivity index (χ2n) is 11.4. The number of hydrogen-bond donors (Lipinski definition) is 2. The highest BCUT2D eigenvalue weighted by Crippen LogP contribution is 2.33. The average molecular weight is 684 g/mol. The van der Waals surface area contributed by atoms with Crippen molar-refractivity contribution in [3.63, 3.8) is 0 Å². The van der Waals surface area contributed by atoms with Gasteiger partial charge in [-0.3, -0.25) is 4.79 Å². The van der Waals surface area contributed by atoms with Gasteiger partial charge in [0.1, 0.15) is 5.75 Å². The minimum Gasteiger partial charge on any atom is -0.463 e. The third-order valence-corrected chi connectivity index (χ3v) is 7.90. The first-order chi connectivity index (χ1) is 24.9. The SMILES string of the molecule is C=CC(=O)OCCCCC(=O)Oc1ccc(N=Nc2ccc(NNc3ccc(N=Nc4ccc(N(CC)CC)cc4)c4ccccc34)cc2)cc1. The number of fused-ring (bicyclic) bond motifs is 1. The Morgan fingerprint density at radius 3 is 1.96 bits per heavy atom. The first-order valence-corrected chi connectivity index (χ1v) is 16.9. The van der Waals surface area contributed by atoms with Crippen molar-refractivity contribution in [2.75, 3.05) is 35.4 Å². The van der Waals surface area contributed by atoms with Crippen LogP contribution in [-0.2, 0) is 14.3 Å². The van der Waals surface area contributed by atoms with Gasteiger partial charge in [0, 0.05) is 42.0 Å². The minimum absolute atomic E-state index is 0.219. The molecule has 0 aliphatic heterocycles. The smallest absolute Gasteiger partial charge is 0.330 e. The van der Waals surface area contributed by atoms with E-state index in [-0.39, 0.29) is 19.0 Å². The Hall–Kier alpha value is -6.36. The van der Waals surface area contributed by atoms with E-state index >= 15 is 0 Å². The molecule has 51 heavy (non-hydrogen) atoms. The topological polar surface area (TPSA) is 129 Å². The van der Waals surface area contributed by atoms with Crippen molar-refractivity contribution < 1.29 is 19.1 Å². The summed E-state index contributed by atoms with van der Waals surface area (Å²) in [6.07, 6.45) is 2.44. The molecule has 0 saturated carbocycles. The van der Waals surface area contributed by atoms with E-state index < -0.39 is 5.97 Å². The fourth-order valence-electron chi connectivity index (χ4n) is 5.14. The van der Waals surface area contributed by atoms with Crippen LogP contribution >= 0.6 is 0 Å². The van der Waals surface area contributed by atoms with E-state index in [1.807, 2.05) is 72.8 Å². The van der Waals surface area contributed by atoms with E-state index in [2.05, 4.69) is 68.8 Å². The fourth-order valence-corrected chi connectivity index (χ4v) is 5.14. The first-order valence-electron chi connectivity index (χ1n) is 16.9.